The van der Waals surface area contributed by atoms with Gasteiger partial charge in [0.2, 0.25) is 0 Å². The maximum absolute atomic E-state index is 11.6. The van der Waals surface area contributed by atoms with Gasteiger partial charge in [-0.05, 0) is 57.6 Å². The molecule has 1 aromatic rings. The van der Waals surface area contributed by atoms with Crippen molar-refractivity contribution in [1.29, 1.82) is 0 Å². The molecule has 11 heteroatoms. The Morgan fingerprint density at radius 2 is 1.28 bits per heavy atom. The fourth-order valence-corrected chi connectivity index (χ4v) is 2.48. The van der Waals surface area contributed by atoms with E-state index in [1.165, 1.54) is 0 Å². The third-order valence-electron chi connectivity index (χ3n) is 5.14. The molecule has 0 aliphatic carbocycles. The van der Waals surface area contributed by atoms with Gasteiger partial charge < -0.3 is 29.9 Å². The van der Waals surface area contributed by atoms with Crippen molar-refractivity contribution in [2.24, 2.45) is 0 Å². The Hall–Kier alpha value is -5.03. The predicted molar refractivity (Wildman–Crippen MR) is 178 cm³/mol. The molecule has 0 fully saturated rings. The average Bonchev–Trinajstić information content (AvgIpc) is 3.01. The summed E-state index contributed by atoms with van der Waals surface area (Å²) >= 11 is 0. The van der Waals surface area contributed by atoms with Gasteiger partial charge in [0.15, 0.2) is 6.10 Å². The van der Waals surface area contributed by atoms with Crippen molar-refractivity contribution < 1.29 is 53.9 Å². The van der Waals surface area contributed by atoms with E-state index in [9.17, 15) is 24.0 Å². The highest BCUT2D eigenvalue weighted by Gasteiger charge is 2.15. The SMILES string of the molecule is C=C(C)C(=O)OCC(C=Cc1ccccc1)OC(=O)C(=C)C.C=C(CCCC)C(=O)O.C=C(CCCCO)C(=O)O.C=CC(=O)O. The molecule has 4 N–H and O–H groups in total. The number of aliphatic hydroxyl groups is 1. The molecule has 1 rings (SSSR count). The zero-order chi connectivity index (χ0) is 36.1. The normalized spacial score (nSPS) is 10.1. The van der Waals surface area contributed by atoms with Crippen molar-refractivity contribution in [3.63, 3.8) is 0 Å². The minimum atomic E-state index is -0.981. The van der Waals surface area contributed by atoms with Gasteiger partial charge in [-0.3, -0.25) is 0 Å². The maximum atomic E-state index is 11.6. The highest BCUT2D eigenvalue weighted by Crippen LogP contribution is 2.08. The summed E-state index contributed by atoms with van der Waals surface area (Å²) in [6.45, 7) is 21.9. The molecule has 0 saturated heterocycles. The lowest BCUT2D eigenvalue weighted by atomic mass is 10.1. The molecule has 0 aliphatic rings. The first-order valence-electron chi connectivity index (χ1n) is 14.2. The van der Waals surface area contributed by atoms with Gasteiger partial charge in [0.1, 0.15) is 6.61 Å². The van der Waals surface area contributed by atoms with Gasteiger partial charge in [-0.15, -0.1) is 0 Å². The molecule has 0 heterocycles. The number of aliphatic hydroxyl groups excluding tert-OH is 1. The van der Waals surface area contributed by atoms with Crippen LogP contribution in [-0.4, -0.2) is 69.6 Å². The van der Waals surface area contributed by atoms with Crippen LogP contribution in [0.4, 0.5) is 0 Å². The molecule has 0 aliphatic heterocycles. The molecule has 1 unspecified atom stereocenters. The topological polar surface area (TPSA) is 185 Å². The minimum absolute atomic E-state index is 0.0754. The summed E-state index contributed by atoms with van der Waals surface area (Å²) in [5.41, 5.74) is 2.05. The second-order valence-electron chi connectivity index (χ2n) is 9.52. The third kappa shape index (κ3) is 29.1. The molecule has 0 aromatic heterocycles. The van der Waals surface area contributed by atoms with Crippen LogP contribution in [0.5, 0.6) is 0 Å². The van der Waals surface area contributed by atoms with Gasteiger partial charge >= 0.3 is 29.8 Å². The van der Waals surface area contributed by atoms with Crippen molar-refractivity contribution in [1.82, 2.24) is 0 Å². The van der Waals surface area contributed by atoms with Gasteiger partial charge in [0.05, 0.1) is 0 Å². The summed E-state index contributed by atoms with van der Waals surface area (Å²) < 4.78 is 10.3. The second-order valence-corrected chi connectivity index (χ2v) is 9.52. The number of rotatable bonds is 17. The van der Waals surface area contributed by atoms with Crippen LogP contribution in [0.25, 0.3) is 6.08 Å². The number of aliphatic carboxylic acids is 3. The van der Waals surface area contributed by atoms with Crippen molar-refractivity contribution >= 4 is 35.9 Å². The molecule has 11 nitrogen and oxygen atoms in total. The number of unbranched alkanes of at least 4 members (excludes halogenated alkanes) is 2. The zero-order valence-electron chi connectivity index (χ0n) is 27.0. The highest BCUT2D eigenvalue weighted by atomic mass is 16.6. The van der Waals surface area contributed by atoms with Gasteiger partial charge in [-0.25, -0.2) is 24.0 Å². The fourth-order valence-electron chi connectivity index (χ4n) is 2.48. The van der Waals surface area contributed by atoms with Crippen LogP contribution in [0.2, 0.25) is 0 Å². The van der Waals surface area contributed by atoms with E-state index >= 15 is 0 Å². The second kappa shape index (κ2) is 28.7. The first kappa shape index (κ1) is 45.4. The fraction of sp³-hybridized carbons (Fsp3) is 0.343. The lowest BCUT2D eigenvalue weighted by Crippen LogP contribution is -2.24. The summed E-state index contributed by atoms with van der Waals surface area (Å²) in [6.07, 6.45) is 7.98. The minimum Gasteiger partial charge on any atom is -0.478 e. The lowest BCUT2D eigenvalue weighted by Gasteiger charge is -2.15. The van der Waals surface area contributed by atoms with Crippen LogP contribution < -0.4 is 0 Å². The van der Waals surface area contributed by atoms with Crippen LogP contribution in [0.3, 0.4) is 0 Å². The number of carboxylic acids is 3. The first-order chi connectivity index (χ1) is 21.5. The van der Waals surface area contributed by atoms with Crippen LogP contribution in [0, 0.1) is 0 Å². The molecule has 0 saturated carbocycles. The standard InChI is InChI=1S/C18H20O4.C7H12O3.C7H12O2.C3H4O2/c1-13(2)17(19)21-12-16(22-18(20)14(3)4)11-10-15-8-6-5-7-9-15;1-6(7(9)10)4-2-3-5-8;1-3-4-5-6(2)7(8)9;1-2-3(4)5/h5-11,16H,1,3,12H2,2,4H3;8H,1-5H2,(H,9,10);2-5H2,1H3,(H,8,9);2H,1H2,(H,4,5). The Morgan fingerprint density at radius 3 is 1.67 bits per heavy atom. The van der Waals surface area contributed by atoms with E-state index in [1.54, 1.807) is 26.0 Å². The Balaban J connectivity index is -0.000000637. The maximum Gasteiger partial charge on any atom is 0.333 e. The van der Waals surface area contributed by atoms with E-state index in [0.717, 1.165) is 24.5 Å². The summed E-state index contributed by atoms with van der Waals surface area (Å²) in [6, 6.07) is 9.53. The third-order valence-corrected chi connectivity index (χ3v) is 5.14. The van der Waals surface area contributed by atoms with Crippen molar-refractivity contribution in [3.8, 4) is 0 Å². The average molecular weight is 645 g/mol. The zero-order valence-corrected chi connectivity index (χ0v) is 27.0. The van der Waals surface area contributed by atoms with Crippen LogP contribution in [0.1, 0.15) is 64.9 Å². The summed E-state index contributed by atoms with van der Waals surface area (Å²) in [5.74, 6) is -3.86. The molecule has 1 aromatic carbocycles. The van der Waals surface area contributed by atoms with Crippen molar-refractivity contribution in [2.45, 2.75) is 65.4 Å². The van der Waals surface area contributed by atoms with Crippen LogP contribution in [0.15, 0.2) is 97.7 Å². The number of ether oxygens (including phenoxy) is 2. The Kier molecular flexibility index (Phi) is 28.3. The number of carboxylic acid groups (broad SMARTS) is 3. The van der Waals surface area contributed by atoms with E-state index in [1.807, 2.05) is 37.3 Å². The van der Waals surface area contributed by atoms with Gasteiger partial charge in [0.25, 0.3) is 0 Å². The summed E-state index contributed by atoms with van der Waals surface area (Å²) in [4.78, 5) is 52.6. The van der Waals surface area contributed by atoms with Gasteiger partial charge in [-0.1, -0.05) is 82.6 Å². The van der Waals surface area contributed by atoms with Crippen LogP contribution in [-0.2, 0) is 33.4 Å². The monoisotopic (exact) mass is 644 g/mol. The quantitative estimate of drug-likeness (QED) is 0.0863. The Labute approximate surface area is 271 Å². The summed E-state index contributed by atoms with van der Waals surface area (Å²) in [5, 5.41) is 32.6. The van der Waals surface area contributed by atoms with E-state index in [-0.39, 0.29) is 29.9 Å². The smallest absolute Gasteiger partial charge is 0.333 e. The molecule has 254 valence electrons. The van der Waals surface area contributed by atoms with E-state index in [4.69, 9.17) is 29.9 Å². The molecule has 0 amide bonds. The number of benzene rings is 1. The predicted octanol–water partition coefficient (Wildman–Crippen LogP) is 6.17. The molecule has 0 bridgehead atoms. The molecular weight excluding hydrogens is 596 g/mol. The first-order valence-corrected chi connectivity index (χ1v) is 14.2. The van der Waals surface area contributed by atoms with Gasteiger partial charge in [-0.2, -0.15) is 0 Å². The number of esters is 2. The molecule has 1 atom stereocenters. The molecule has 0 radical (unpaired) electrons. The van der Waals surface area contributed by atoms with E-state index < -0.39 is 36.0 Å². The largest absolute Gasteiger partial charge is 0.478 e. The Bertz CT molecular complexity index is 1190. The number of hydrogen-bond donors (Lipinski definition) is 4. The number of carbonyl (C=O) groups excluding carboxylic acids is 2. The molecule has 46 heavy (non-hydrogen) atoms. The highest BCUT2D eigenvalue weighted by molar-refractivity contribution is 5.88. The van der Waals surface area contributed by atoms with Crippen LogP contribution >= 0.6 is 0 Å². The Morgan fingerprint density at radius 1 is 0.804 bits per heavy atom. The van der Waals surface area contributed by atoms with Crippen molar-refractivity contribution in [2.75, 3.05) is 13.2 Å². The molecule has 0 spiro atoms. The van der Waals surface area contributed by atoms with Crippen molar-refractivity contribution in [3.05, 3.63) is 103 Å². The van der Waals surface area contributed by atoms with E-state index in [2.05, 4.69) is 32.9 Å². The molecular formula is C35H48O11. The summed E-state index contributed by atoms with van der Waals surface area (Å²) in [7, 11) is 0. The van der Waals surface area contributed by atoms with E-state index in [0.29, 0.717) is 31.3 Å². The lowest BCUT2D eigenvalue weighted by molar-refractivity contribution is -0.151. The van der Waals surface area contributed by atoms with Gasteiger partial charge in [0, 0.05) is 35.0 Å². The number of carbonyl (C=O) groups is 5. The number of hydrogen-bond acceptors (Lipinski definition) is 8.